The maximum Gasteiger partial charge on any atom is 0.239 e. The van der Waals surface area contributed by atoms with Crippen molar-refractivity contribution in [2.75, 3.05) is 25.6 Å². The first-order valence-corrected chi connectivity index (χ1v) is 9.11. The maximum atomic E-state index is 12.3. The van der Waals surface area contributed by atoms with Crippen molar-refractivity contribution in [3.8, 4) is 11.5 Å². The van der Waals surface area contributed by atoms with E-state index in [-0.39, 0.29) is 18.0 Å². The van der Waals surface area contributed by atoms with Crippen LogP contribution in [0.1, 0.15) is 38.4 Å². The number of aromatic nitrogens is 3. The average Bonchev–Trinajstić information content (AvgIpc) is 3.10. The number of pyridine rings is 1. The van der Waals surface area contributed by atoms with Crippen molar-refractivity contribution in [2.24, 2.45) is 0 Å². The van der Waals surface area contributed by atoms with Crippen molar-refractivity contribution in [2.45, 2.75) is 45.6 Å². The van der Waals surface area contributed by atoms with Gasteiger partial charge in [0, 0.05) is 37.2 Å². The first kappa shape index (κ1) is 20.8. The molecule has 0 atom stereocenters. The standard InChI is InChI=1S/C19H25N5O.CH4O/c1-19(2,3)23-16(25)12-24(4)18-13-8-7-10-14(13)21-17(22-18)15-9-5-6-11-20-15;1-2/h5-6,9,11H,7-8,10,12H2,1-4H3,(H,23,25);2H,1H3. The molecule has 0 spiro atoms. The fourth-order valence-electron chi connectivity index (χ4n) is 3.09. The molecule has 0 aromatic carbocycles. The first-order valence-electron chi connectivity index (χ1n) is 9.11. The van der Waals surface area contributed by atoms with Crippen LogP contribution in [0.3, 0.4) is 0 Å². The zero-order valence-electron chi connectivity index (χ0n) is 16.8. The van der Waals surface area contributed by atoms with Crippen LogP contribution < -0.4 is 10.2 Å². The van der Waals surface area contributed by atoms with Gasteiger partial charge in [-0.1, -0.05) is 6.07 Å². The summed E-state index contributed by atoms with van der Waals surface area (Å²) in [5.74, 6) is 1.45. The number of hydrogen-bond donors (Lipinski definition) is 2. The predicted octanol–water partition coefficient (Wildman–Crippen LogP) is 1.99. The monoisotopic (exact) mass is 371 g/mol. The zero-order chi connectivity index (χ0) is 20.0. The van der Waals surface area contributed by atoms with Crippen LogP contribution in [0.2, 0.25) is 0 Å². The molecule has 27 heavy (non-hydrogen) atoms. The molecule has 0 saturated carbocycles. The zero-order valence-corrected chi connectivity index (χ0v) is 16.8. The lowest BCUT2D eigenvalue weighted by molar-refractivity contribution is -0.121. The molecule has 2 N–H and O–H groups in total. The van der Waals surface area contributed by atoms with Gasteiger partial charge in [0.2, 0.25) is 5.91 Å². The van der Waals surface area contributed by atoms with Gasteiger partial charge in [-0.25, -0.2) is 9.97 Å². The van der Waals surface area contributed by atoms with Gasteiger partial charge in [-0.05, 0) is 52.2 Å². The predicted molar refractivity (Wildman–Crippen MR) is 107 cm³/mol. The first-order chi connectivity index (χ1) is 12.8. The smallest absolute Gasteiger partial charge is 0.239 e. The Bertz CT molecular complexity index is 772. The molecule has 1 aliphatic rings. The summed E-state index contributed by atoms with van der Waals surface area (Å²) in [6, 6.07) is 5.71. The Morgan fingerprint density at radius 1 is 1.22 bits per heavy atom. The van der Waals surface area contributed by atoms with E-state index in [9.17, 15) is 4.79 Å². The van der Waals surface area contributed by atoms with Crippen molar-refractivity contribution in [1.29, 1.82) is 0 Å². The number of aryl methyl sites for hydroxylation is 1. The van der Waals surface area contributed by atoms with Gasteiger partial charge in [0.15, 0.2) is 5.82 Å². The van der Waals surface area contributed by atoms with Gasteiger partial charge in [0.1, 0.15) is 11.5 Å². The minimum absolute atomic E-state index is 0.0141. The molecule has 146 valence electrons. The van der Waals surface area contributed by atoms with E-state index in [0.717, 1.165) is 49.1 Å². The molecule has 7 nitrogen and oxygen atoms in total. The van der Waals surface area contributed by atoms with E-state index in [1.165, 1.54) is 0 Å². The summed E-state index contributed by atoms with van der Waals surface area (Å²) in [7, 11) is 2.91. The molecule has 2 heterocycles. The normalized spacial score (nSPS) is 12.7. The third kappa shape index (κ3) is 5.47. The molecule has 0 aliphatic heterocycles. The van der Waals surface area contributed by atoms with Crippen LogP contribution in [0.4, 0.5) is 5.82 Å². The highest BCUT2D eigenvalue weighted by molar-refractivity contribution is 5.82. The van der Waals surface area contributed by atoms with Crippen LogP contribution in [0.5, 0.6) is 0 Å². The number of carbonyl (C=O) groups excluding carboxylic acids is 1. The van der Waals surface area contributed by atoms with Crippen molar-refractivity contribution >= 4 is 11.7 Å². The van der Waals surface area contributed by atoms with Crippen LogP contribution in [0, 0.1) is 0 Å². The van der Waals surface area contributed by atoms with Crippen LogP contribution >= 0.6 is 0 Å². The number of rotatable bonds is 4. The van der Waals surface area contributed by atoms with Crippen molar-refractivity contribution < 1.29 is 9.90 Å². The SMILES string of the molecule is CN(CC(=O)NC(C)(C)C)c1nc(-c2ccccn2)nc2c1CCC2.CO. The number of nitrogens with one attached hydrogen (secondary N) is 1. The number of aliphatic hydroxyl groups excluding tert-OH is 1. The van der Waals surface area contributed by atoms with Crippen LogP contribution in [0.25, 0.3) is 11.5 Å². The molecule has 1 amide bonds. The van der Waals surface area contributed by atoms with E-state index < -0.39 is 0 Å². The summed E-state index contributed by atoms with van der Waals surface area (Å²) in [4.78, 5) is 28.0. The molecule has 0 fully saturated rings. The van der Waals surface area contributed by atoms with Gasteiger partial charge in [-0.15, -0.1) is 0 Å². The molecular formula is C20H29N5O2. The van der Waals surface area contributed by atoms with E-state index in [0.29, 0.717) is 5.82 Å². The second-order valence-electron chi connectivity index (χ2n) is 7.52. The van der Waals surface area contributed by atoms with Crippen molar-refractivity contribution in [3.63, 3.8) is 0 Å². The second-order valence-corrected chi connectivity index (χ2v) is 7.52. The Labute approximate surface area is 160 Å². The molecule has 3 rings (SSSR count). The van der Waals surface area contributed by atoms with E-state index in [2.05, 4.69) is 10.3 Å². The molecule has 2 aromatic rings. The van der Waals surface area contributed by atoms with E-state index >= 15 is 0 Å². The van der Waals surface area contributed by atoms with E-state index in [1.54, 1.807) is 6.20 Å². The molecule has 0 unspecified atom stereocenters. The van der Waals surface area contributed by atoms with Gasteiger partial charge >= 0.3 is 0 Å². The minimum atomic E-state index is -0.245. The van der Waals surface area contributed by atoms with Gasteiger partial charge in [-0.2, -0.15) is 0 Å². The van der Waals surface area contributed by atoms with Gasteiger partial charge in [0.25, 0.3) is 0 Å². The quantitative estimate of drug-likeness (QED) is 0.854. The van der Waals surface area contributed by atoms with E-state index in [4.69, 9.17) is 15.1 Å². The number of fused-ring (bicyclic) bond motifs is 1. The van der Waals surface area contributed by atoms with E-state index in [1.807, 2.05) is 50.9 Å². The Morgan fingerprint density at radius 3 is 2.59 bits per heavy atom. The number of carbonyl (C=O) groups is 1. The second kappa shape index (κ2) is 8.90. The van der Waals surface area contributed by atoms with Gasteiger partial charge < -0.3 is 15.3 Å². The lowest BCUT2D eigenvalue weighted by Crippen LogP contribution is -2.45. The molecule has 1 aliphatic carbocycles. The van der Waals surface area contributed by atoms with Crippen molar-refractivity contribution in [1.82, 2.24) is 20.3 Å². The molecule has 7 heteroatoms. The highest BCUT2D eigenvalue weighted by Gasteiger charge is 2.24. The summed E-state index contributed by atoms with van der Waals surface area (Å²) in [6.07, 6.45) is 4.72. The summed E-state index contributed by atoms with van der Waals surface area (Å²) in [5.41, 5.74) is 2.75. The average molecular weight is 371 g/mol. The largest absolute Gasteiger partial charge is 0.400 e. The van der Waals surface area contributed by atoms with Crippen LogP contribution in [0.15, 0.2) is 24.4 Å². The highest BCUT2D eigenvalue weighted by atomic mass is 16.2. The summed E-state index contributed by atoms with van der Waals surface area (Å²) in [5, 5.41) is 10.00. The molecular weight excluding hydrogens is 342 g/mol. The lowest BCUT2D eigenvalue weighted by Gasteiger charge is -2.25. The van der Waals surface area contributed by atoms with Crippen LogP contribution in [-0.2, 0) is 17.6 Å². The molecule has 0 radical (unpaired) electrons. The fourth-order valence-corrected chi connectivity index (χ4v) is 3.09. The third-order valence-electron chi connectivity index (χ3n) is 4.06. The molecule has 0 bridgehead atoms. The topological polar surface area (TPSA) is 91.2 Å². The molecule has 2 aromatic heterocycles. The Kier molecular flexibility index (Phi) is 6.85. The summed E-state index contributed by atoms with van der Waals surface area (Å²) in [6.45, 7) is 6.20. The Balaban J connectivity index is 0.00000126. The molecule has 0 saturated heterocycles. The minimum Gasteiger partial charge on any atom is -0.400 e. The number of amides is 1. The van der Waals surface area contributed by atoms with Gasteiger partial charge in [-0.3, -0.25) is 9.78 Å². The van der Waals surface area contributed by atoms with Crippen LogP contribution in [-0.4, -0.2) is 52.2 Å². The fraction of sp³-hybridized carbons (Fsp3) is 0.500. The summed E-state index contributed by atoms with van der Waals surface area (Å²) < 4.78 is 0. The number of likely N-dealkylation sites (N-methyl/N-ethyl adjacent to an activating group) is 1. The Morgan fingerprint density at radius 2 is 1.96 bits per heavy atom. The Hall–Kier alpha value is -2.54. The van der Waals surface area contributed by atoms with Crippen molar-refractivity contribution in [3.05, 3.63) is 35.7 Å². The lowest BCUT2D eigenvalue weighted by atomic mass is 10.1. The third-order valence-corrected chi connectivity index (χ3v) is 4.06. The maximum absolute atomic E-state index is 12.3. The highest BCUT2D eigenvalue weighted by Crippen LogP contribution is 2.30. The number of aliphatic hydroxyl groups is 1. The summed E-state index contributed by atoms with van der Waals surface area (Å²) >= 11 is 0. The number of hydrogen-bond acceptors (Lipinski definition) is 6. The number of anilines is 1. The van der Waals surface area contributed by atoms with Gasteiger partial charge in [0.05, 0.1) is 6.54 Å². The number of nitrogens with zero attached hydrogens (tertiary/aromatic N) is 4.